The minimum Gasteiger partial charge on any atom is -0.391 e. The van der Waals surface area contributed by atoms with Crippen LogP contribution in [0.15, 0.2) is 23.6 Å². The number of amides is 1. The first-order chi connectivity index (χ1) is 7.25. The molecule has 1 aliphatic heterocycles. The molecule has 1 unspecified atom stereocenters. The van der Waals surface area contributed by atoms with Crippen LogP contribution < -0.4 is 0 Å². The van der Waals surface area contributed by atoms with Gasteiger partial charge in [0.05, 0.1) is 6.10 Å². The molecule has 1 aliphatic rings. The average molecular weight is 223 g/mol. The van der Waals surface area contributed by atoms with Gasteiger partial charge in [-0.2, -0.15) is 0 Å². The zero-order valence-electron chi connectivity index (χ0n) is 8.30. The summed E-state index contributed by atoms with van der Waals surface area (Å²) >= 11 is 1.60. The minimum absolute atomic E-state index is 0.0139. The molecule has 0 bridgehead atoms. The number of aliphatic hydroxyl groups is 1. The standard InChI is InChI=1S/C11H13NO2S/c13-9-5-6-12(8-9)11(14)4-3-10-2-1-7-15-10/h1-4,7,9,13H,5-6,8H2. The maximum Gasteiger partial charge on any atom is 0.246 e. The van der Waals surface area contributed by atoms with E-state index < -0.39 is 0 Å². The Bertz CT molecular complexity index is 359. The molecule has 0 radical (unpaired) electrons. The second-order valence-electron chi connectivity index (χ2n) is 3.58. The molecule has 1 aromatic heterocycles. The number of hydrogen-bond acceptors (Lipinski definition) is 3. The summed E-state index contributed by atoms with van der Waals surface area (Å²) < 4.78 is 0. The maximum absolute atomic E-state index is 11.6. The van der Waals surface area contributed by atoms with E-state index in [4.69, 9.17) is 0 Å². The van der Waals surface area contributed by atoms with E-state index in [0.29, 0.717) is 19.5 Å². The molecule has 1 atom stereocenters. The van der Waals surface area contributed by atoms with Crippen LogP contribution in [0, 0.1) is 0 Å². The number of likely N-dealkylation sites (tertiary alicyclic amines) is 1. The molecule has 1 N–H and O–H groups in total. The molecule has 0 spiro atoms. The smallest absolute Gasteiger partial charge is 0.246 e. The zero-order chi connectivity index (χ0) is 10.7. The zero-order valence-corrected chi connectivity index (χ0v) is 9.11. The summed E-state index contributed by atoms with van der Waals surface area (Å²) in [5.74, 6) is -0.0139. The van der Waals surface area contributed by atoms with Crippen molar-refractivity contribution < 1.29 is 9.90 Å². The molecule has 2 rings (SSSR count). The largest absolute Gasteiger partial charge is 0.391 e. The van der Waals surface area contributed by atoms with Gasteiger partial charge in [0.15, 0.2) is 0 Å². The van der Waals surface area contributed by atoms with E-state index >= 15 is 0 Å². The lowest BCUT2D eigenvalue weighted by atomic mass is 10.3. The Morgan fingerprint density at radius 3 is 3.13 bits per heavy atom. The van der Waals surface area contributed by atoms with Gasteiger partial charge in [0, 0.05) is 24.0 Å². The van der Waals surface area contributed by atoms with Gasteiger partial charge in [0.1, 0.15) is 0 Å². The fraction of sp³-hybridized carbons (Fsp3) is 0.364. The first-order valence-electron chi connectivity index (χ1n) is 4.94. The third-order valence-electron chi connectivity index (χ3n) is 2.41. The minimum atomic E-state index is -0.343. The fourth-order valence-electron chi connectivity index (χ4n) is 1.59. The van der Waals surface area contributed by atoms with Crippen molar-refractivity contribution >= 4 is 23.3 Å². The number of hydrogen-bond donors (Lipinski definition) is 1. The maximum atomic E-state index is 11.6. The quantitative estimate of drug-likeness (QED) is 0.769. The van der Waals surface area contributed by atoms with E-state index in [1.807, 2.05) is 23.6 Å². The van der Waals surface area contributed by atoms with Crippen molar-refractivity contribution in [2.45, 2.75) is 12.5 Å². The molecular formula is C11H13NO2S. The van der Waals surface area contributed by atoms with Crippen molar-refractivity contribution in [3.63, 3.8) is 0 Å². The van der Waals surface area contributed by atoms with Crippen molar-refractivity contribution in [2.75, 3.05) is 13.1 Å². The molecular weight excluding hydrogens is 210 g/mol. The summed E-state index contributed by atoms with van der Waals surface area (Å²) in [6, 6.07) is 3.92. The van der Waals surface area contributed by atoms with Gasteiger partial charge in [0.2, 0.25) is 5.91 Å². The van der Waals surface area contributed by atoms with Crippen molar-refractivity contribution in [1.29, 1.82) is 0 Å². The van der Waals surface area contributed by atoms with Crippen LogP contribution in [0.2, 0.25) is 0 Å². The second kappa shape index (κ2) is 4.59. The molecule has 4 heteroatoms. The van der Waals surface area contributed by atoms with E-state index in [0.717, 1.165) is 4.88 Å². The van der Waals surface area contributed by atoms with Crippen LogP contribution in [0.4, 0.5) is 0 Å². The highest BCUT2D eigenvalue weighted by molar-refractivity contribution is 7.10. The Hall–Kier alpha value is -1.13. The second-order valence-corrected chi connectivity index (χ2v) is 4.55. The summed E-state index contributed by atoms with van der Waals surface area (Å²) in [5, 5.41) is 11.3. The molecule has 0 aliphatic carbocycles. The highest BCUT2D eigenvalue weighted by Gasteiger charge is 2.22. The summed E-state index contributed by atoms with van der Waals surface area (Å²) in [6.45, 7) is 1.13. The first kappa shape index (κ1) is 10.4. The summed E-state index contributed by atoms with van der Waals surface area (Å²) in [7, 11) is 0. The van der Waals surface area contributed by atoms with Gasteiger partial charge in [-0.15, -0.1) is 11.3 Å². The van der Waals surface area contributed by atoms with Gasteiger partial charge in [-0.1, -0.05) is 6.07 Å². The van der Waals surface area contributed by atoms with E-state index in [2.05, 4.69) is 0 Å². The number of carbonyl (C=O) groups is 1. The van der Waals surface area contributed by atoms with E-state index in [-0.39, 0.29) is 12.0 Å². The molecule has 2 heterocycles. The number of nitrogens with zero attached hydrogens (tertiary/aromatic N) is 1. The van der Waals surface area contributed by atoms with Gasteiger partial charge >= 0.3 is 0 Å². The number of aliphatic hydroxyl groups excluding tert-OH is 1. The summed E-state index contributed by atoms with van der Waals surface area (Å²) in [4.78, 5) is 14.4. The van der Waals surface area contributed by atoms with E-state index in [9.17, 15) is 9.90 Å². The molecule has 80 valence electrons. The number of thiophene rings is 1. The molecule has 1 aromatic rings. The molecule has 1 amide bonds. The molecule has 3 nitrogen and oxygen atoms in total. The average Bonchev–Trinajstić information content (AvgIpc) is 2.84. The van der Waals surface area contributed by atoms with Crippen molar-refractivity contribution in [2.24, 2.45) is 0 Å². The molecule has 1 fully saturated rings. The summed E-state index contributed by atoms with van der Waals surface area (Å²) in [5.41, 5.74) is 0. The highest BCUT2D eigenvalue weighted by atomic mass is 32.1. The lowest BCUT2D eigenvalue weighted by Gasteiger charge is -2.11. The molecule has 15 heavy (non-hydrogen) atoms. The van der Waals surface area contributed by atoms with Crippen LogP contribution in [-0.4, -0.2) is 35.1 Å². The van der Waals surface area contributed by atoms with Crippen LogP contribution in [-0.2, 0) is 4.79 Å². The van der Waals surface area contributed by atoms with Gasteiger partial charge in [-0.3, -0.25) is 4.79 Å². The third kappa shape index (κ3) is 2.67. The van der Waals surface area contributed by atoms with Crippen LogP contribution in [0.5, 0.6) is 0 Å². The normalized spacial score (nSPS) is 21.4. The molecule has 0 aromatic carbocycles. The van der Waals surface area contributed by atoms with Crippen molar-refractivity contribution in [1.82, 2.24) is 4.90 Å². The van der Waals surface area contributed by atoms with Gasteiger partial charge < -0.3 is 10.0 Å². The Morgan fingerprint density at radius 1 is 1.67 bits per heavy atom. The monoisotopic (exact) mass is 223 g/mol. The number of carbonyl (C=O) groups excluding carboxylic acids is 1. The number of β-amino-alcohol motifs (C(OH)–C–C–N with tert-alkyl or cyclic N) is 1. The topological polar surface area (TPSA) is 40.5 Å². The predicted molar refractivity (Wildman–Crippen MR) is 60.6 cm³/mol. The molecule has 1 saturated heterocycles. The summed E-state index contributed by atoms with van der Waals surface area (Å²) in [6.07, 6.45) is 3.74. The lowest BCUT2D eigenvalue weighted by Crippen LogP contribution is -2.27. The Balaban J connectivity index is 1.92. The van der Waals surface area contributed by atoms with Gasteiger partial charge in [-0.05, 0) is 23.9 Å². The first-order valence-corrected chi connectivity index (χ1v) is 5.82. The van der Waals surface area contributed by atoms with E-state index in [1.165, 1.54) is 0 Å². The van der Waals surface area contributed by atoms with Crippen LogP contribution in [0.3, 0.4) is 0 Å². The Kier molecular flexibility index (Phi) is 3.18. The van der Waals surface area contributed by atoms with E-state index in [1.54, 1.807) is 22.3 Å². The number of rotatable bonds is 2. The SMILES string of the molecule is O=C(C=Cc1cccs1)N1CCC(O)C1. The molecule has 0 saturated carbocycles. The Morgan fingerprint density at radius 2 is 2.53 bits per heavy atom. The fourth-order valence-corrected chi connectivity index (χ4v) is 2.20. The lowest BCUT2D eigenvalue weighted by molar-refractivity contribution is -0.125. The van der Waals surface area contributed by atoms with Crippen molar-refractivity contribution in [3.8, 4) is 0 Å². The van der Waals surface area contributed by atoms with Crippen LogP contribution in [0.25, 0.3) is 6.08 Å². The van der Waals surface area contributed by atoms with Crippen LogP contribution in [0.1, 0.15) is 11.3 Å². The van der Waals surface area contributed by atoms with Gasteiger partial charge in [-0.25, -0.2) is 0 Å². The van der Waals surface area contributed by atoms with Crippen molar-refractivity contribution in [3.05, 3.63) is 28.5 Å². The van der Waals surface area contributed by atoms with Crippen LogP contribution >= 0.6 is 11.3 Å². The third-order valence-corrected chi connectivity index (χ3v) is 3.25. The Labute approximate surface area is 92.6 Å². The predicted octanol–water partition coefficient (Wildman–Crippen LogP) is 1.35. The van der Waals surface area contributed by atoms with Gasteiger partial charge in [0.25, 0.3) is 0 Å². The highest BCUT2D eigenvalue weighted by Crippen LogP contribution is 2.12.